The molecule has 1 nitrogen and oxygen atoms in total. The quantitative estimate of drug-likeness (QED) is 0.841. The Morgan fingerprint density at radius 3 is 2.11 bits per heavy atom. The van der Waals surface area contributed by atoms with E-state index >= 15 is 0 Å². The molecule has 0 radical (unpaired) electrons. The van der Waals surface area contributed by atoms with Crippen molar-refractivity contribution in [2.24, 2.45) is 5.92 Å². The fraction of sp³-hybridized carbons (Fsp3) is 0.667. The molecule has 2 rings (SSSR count). The lowest BCUT2D eigenvalue weighted by Gasteiger charge is -2.26. The van der Waals surface area contributed by atoms with Crippen molar-refractivity contribution in [1.29, 1.82) is 0 Å². The second-order valence-corrected chi connectivity index (χ2v) is 7.64. The van der Waals surface area contributed by atoms with Crippen molar-refractivity contribution in [3.63, 3.8) is 0 Å². The molecule has 2 unspecified atom stereocenters. The summed E-state index contributed by atoms with van der Waals surface area (Å²) in [5.41, 5.74) is 3.54. The van der Waals surface area contributed by atoms with Gasteiger partial charge in [-0.3, -0.25) is 0 Å². The number of hydrogen-bond donors (Lipinski definition) is 1. The van der Waals surface area contributed by atoms with Gasteiger partial charge in [-0.05, 0) is 50.2 Å². The van der Waals surface area contributed by atoms with Crippen molar-refractivity contribution >= 4 is 0 Å². The van der Waals surface area contributed by atoms with Crippen LogP contribution in [0, 0.1) is 5.92 Å². The van der Waals surface area contributed by atoms with Crippen LogP contribution in [-0.2, 0) is 5.41 Å². The van der Waals surface area contributed by atoms with Crippen molar-refractivity contribution in [3.8, 4) is 0 Å². The molecule has 1 aromatic carbocycles. The van der Waals surface area contributed by atoms with Crippen LogP contribution in [-0.4, -0.2) is 12.1 Å². The Labute approximate surface area is 118 Å². The van der Waals surface area contributed by atoms with Crippen molar-refractivity contribution in [2.75, 3.05) is 6.54 Å². The van der Waals surface area contributed by atoms with E-state index in [0.717, 1.165) is 12.5 Å². The molecule has 0 heterocycles. The van der Waals surface area contributed by atoms with Crippen LogP contribution in [0.5, 0.6) is 0 Å². The van der Waals surface area contributed by atoms with Crippen molar-refractivity contribution in [1.82, 2.24) is 5.32 Å². The summed E-state index contributed by atoms with van der Waals surface area (Å²) in [6.45, 7) is 14.7. The third kappa shape index (κ3) is 3.20. The van der Waals surface area contributed by atoms with Gasteiger partial charge in [0, 0.05) is 17.5 Å². The molecular weight excluding hydrogens is 230 g/mol. The summed E-state index contributed by atoms with van der Waals surface area (Å²) in [6, 6.07) is 9.32. The number of nitrogens with one attached hydrogen (secondary N) is 1. The SMILES string of the molecule is CC(C)c1ccc(C2(CNC(C)(C)C)CC2C)cc1. The van der Waals surface area contributed by atoms with Gasteiger partial charge in [0.2, 0.25) is 0 Å². The van der Waals surface area contributed by atoms with Crippen LogP contribution in [0.25, 0.3) is 0 Å². The molecule has 0 spiro atoms. The number of rotatable bonds is 4. The van der Waals surface area contributed by atoms with Gasteiger partial charge >= 0.3 is 0 Å². The second kappa shape index (κ2) is 4.94. The molecule has 1 heteroatoms. The minimum atomic E-state index is 0.202. The first-order chi connectivity index (χ1) is 8.74. The summed E-state index contributed by atoms with van der Waals surface area (Å²) in [4.78, 5) is 0. The van der Waals surface area contributed by atoms with E-state index in [9.17, 15) is 0 Å². The summed E-state index contributed by atoms with van der Waals surface area (Å²) < 4.78 is 0. The van der Waals surface area contributed by atoms with Crippen LogP contribution in [0.15, 0.2) is 24.3 Å². The summed E-state index contributed by atoms with van der Waals surface area (Å²) in [6.07, 6.45) is 1.32. The highest BCUT2D eigenvalue weighted by molar-refractivity contribution is 5.36. The van der Waals surface area contributed by atoms with Crippen molar-refractivity contribution in [2.45, 2.75) is 64.8 Å². The normalized spacial score (nSPS) is 26.8. The Hall–Kier alpha value is -0.820. The minimum absolute atomic E-state index is 0.202. The predicted molar refractivity (Wildman–Crippen MR) is 83.7 cm³/mol. The first-order valence-corrected chi connectivity index (χ1v) is 7.60. The van der Waals surface area contributed by atoms with Crippen LogP contribution in [0.2, 0.25) is 0 Å². The molecule has 1 aromatic rings. The number of benzene rings is 1. The van der Waals surface area contributed by atoms with Crippen LogP contribution < -0.4 is 5.32 Å². The first-order valence-electron chi connectivity index (χ1n) is 7.60. The second-order valence-electron chi connectivity index (χ2n) is 7.64. The largest absolute Gasteiger partial charge is 0.311 e. The zero-order valence-corrected chi connectivity index (χ0v) is 13.4. The summed E-state index contributed by atoms with van der Waals surface area (Å²) in [5, 5.41) is 3.69. The molecule has 0 saturated heterocycles. The highest BCUT2D eigenvalue weighted by atomic mass is 15.0. The van der Waals surface area contributed by atoms with Crippen LogP contribution in [0.3, 0.4) is 0 Å². The summed E-state index contributed by atoms with van der Waals surface area (Å²) in [5.74, 6) is 1.42. The van der Waals surface area contributed by atoms with Gasteiger partial charge in [0.1, 0.15) is 0 Å². The Bertz CT molecular complexity index is 424. The van der Waals surface area contributed by atoms with E-state index in [4.69, 9.17) is 0 Å². The summed E-state index contributed by atoms with van der Waals surface area (Å²) >= 11 is 0. The Balaban J connectivity index is 2.14. The molecular formula is C18H29N. The standard InChI is InChI=1S/C18H29N/c1-13(2)15-7-9-16(10-8-15)18(11-14(18)3)12-19-17(4,5)6/h7-10,13-14,19H,11-12H2,1-6H3. The van der Waals surface area contributed by atoms with E-state index in [-0.39, 0.29) is 5.54 Å². The topological polar surface area (TPSA) is 12.0 Å². The molecule has 1 N–H and O–H groups in total. The Morgan fingerprint density at radius 1 is 1.21 bits per heavy atom. The average Bonchev–Trinajstić information content (AvgIpc) is 2.98. The summed E-state index contributed by atoms with van der Waals surface area (Å²) in [7, 11) is 0. The lowest BCUT2D eigenvalue weighted by atomic mass is 9.90. The smallest absolute Gasteiger partial charge is 0.0107 e. The zero-order valence-electron chi connectivity index (χ0n) is 13.4. The maximum absolute atomic E-state index is 3.69. The van der Waals surface area contributed by atoms with Crippen LogP contribution >= 0.6 is 0 Å². The average molecular weight is 259 g/mol. The fourth-order valence-electron chi connectivity index (χ4n) is 2.86. The van der Waals surface area contributed by atoms with E-state index < -0.39 is 0 Å². The Morgan fingerprint density at radius 2 is 1.74 bits per heavy atom. The van der Waals surface area contributed by atoms with E-state index in [1.165, 1.54) is 17.5 Å². The fourth-order valence-corrected chi connectivity index (χ4v) is 2.86. The van der Waals surface area contributed by atoms with Gasteiger partial charge in [0.15, 0.2) is 0 Å². The molecule has 0 bridgehead atoms. The maximum Gasteiger partial charge on any atom is 0.0107 e. The molecule has 0 aromatic heterocycles. The molecule has 106 valence electrons. The monoisotopic (exact) mass is 259 g/mol. The molecule has 1 aliphatic carbocycles. The Kier molecular flexibility index (Phi) is 3.79. The molecule has 1 fully saturated rings. The third-order valence-corrected chi connectivity index (χ3v) is 4.54. The van der Waals surface area contributed by atoms with Crippen LogP contribution in [0.1, 0.15) is 65.0 Å². The van der Waals surface area contributed by atoms with Gasteiger partial charge in [-0.15, -0.1) is 0 Å². The minimum Gasteiger partial charge on any atom is -0.311 e. The van der Waals surface area contributed by atoms with Crippen molar-refractivity contribution in [3.05, 3.63) is 35.4 Å². The lowest BCUT2D eigenvalue weighted by Crippen LogP contribution is -2.41. The van der Waals surface area contributed by atoms with Crippen LogP contribution in [0.4, 0.5) is 0 Å². The molecule has 1 saturated carbocycles. The van der Waals surface area contributed by atoms with E-state index in [0.29, 0.717) is 11.3 Å². The lowest BCUT2D eigenvalue weighted by molar-refractivity contribution is 0.392. The van der Waals surface area contributed by atoms with Gasteiger partial charge in [-0.2, -0.15) is 0 Å². The van der Waals surface area contributed by atoms with Gasteiger partial charge < -0.3 is 5.32 Å². The molecule has 19 heavy (non-hydrogen) atoms. The zero-order chi connectivity index (χ0) is 14.3. The molecule has 0 amide bonds. The van der Waals surface area contributed by atoms with E-state index in [2.05, 4.69) is 71.1 Å². The molecule has 0 aliphatic heterocycles. The highest BCUT2D eigenvalue weighted by Gasteiger charge is 2.52. The maximum atomic E-state index is 3.69. The van der Waals surface area contributed by atoms with E-state index in [1.807, 2.05) is 0 Å². The number of hydrogen-bond acceptors (Lipinski definition) is 1. The van der Waals surface area contributed by atoms with E-state index in [1.54, 1.807) is 0 Å². The van der Waals surface area contributed by atoms with Gasteiger partial charge in [0.25, 0.3) is 0 Å². The van der Waals surface area contributed by atoms with Crippen molar-refractivity contribution < 1.29 is 0 Å². The van der Waals surface area contributed by atoms with Gasteiger partial charge in [-0.25, -0.2) is 0 Å². The van der Waals surface area contributed by atoms with Gasteiger partial charge in [-0.1, -0.05) is 45.0 Å². The van der Waals surface area contributed by atoms with Gasteiger partial charge in [0.05, 0.1) is 0 Å². The molecule has 2 atom stereocenters. The first kappa shape index (κ1) is 14.6. The third-order valence-electron chi connectivity index (χ3n) is 4.54. The predicted octanol–water partition coefficient (Wildman–Crippen LogP) is 4.48. The molecule has 1 aliphatic rings. The highest BCUT2D eigenvalue weighted by Crippen LogP contribution is 2.53.